The summed E-state index contributed by atoms with van der Waals surface area (Å²) in [5.41, 5.74) is 0. The SMILES string of the molecule is COC(=O)[C@H](C)n1ccc([N+](=O)[O-])n1. The molecule has 0 aliphatic rings. The molecule has 0 bridgehead atoms. The van der Waals surface area contributed by atoms with Crippen LogP contribution < -0.4 is 0 Å². The van der Waals surface area contributed by atoms with Gasteiger partial charge in [-0.15, -0.1) is 0 Å². The van der Waals surface area contributed by atoms with E-state index >= 15 is 0 Å². The quantitative estimate of drug-likeness (QED) is 0.402. The molecule has 1 rings (SSSR count). The van der Waals surface area contributed by atoms with Gasteiger partial charge in [0, 0.05) is 0 Å². The molecule has 76 valence electrons. The lowest BCUT2D eigenvalue weighted by atomic mass is 10.3. The third kappa shape index (κ3) is 1.87. The highest BCUT2D eigenvalue weighted by Crippen LogP contribution is 2.11. The number of rotatable bonds is 3. The fraction of sp³-hybridized carbons (Fsp3) is 0.429. The normalized spacial score (nSPS) is 12.1. The fourth-order valence-corrected chi connectivity index (χ4v) is 0.920. The van der Waals surface area contributed by atoms with Gasteiger partial charge in [-0.1, -0.05) is 0 Å². The van der Waals surface area contributed by atoms with E-state index in [0.717, 1.165) is 0 Å². The molecule has 14 heavy (non-hydrogen) atoms. The Bertz CT molecular complexity index is 360. The number of nitro groups is 1. The molecular formula is C7H9N3O4. The summed E-state index contributed by atoms with van der Waals surface area (Å²) in [6.45, 7) is 1.54. The zero-order valence-electron chi connectivity index (χ0n) is 7.71. The van der Waals surface area contributed by atoms with Crippen molar-refractivity contribution in [2.45, 2.75) is 13.0 Å². The minimum atomic E-state index is -0.659. The summed E-state index contributed by atoms with van der Waals surface area (Å²) in [4.78, 5) is 20.7. The molecule has 0 aliphatic heterocycles. The summed E-state index contributed by atoms with van der Waals surface area (Å²) in [5, 5.41) is 13.9. The number of carbonyl (C=O) groups is 1. The summed E-state index contributed by atoms with van der Waals surface area (Å²) in [6.07, 6.45) is 1.36. The first-order valence-corrected chi connectivity index (χ1v) is 3.83. The molecular weight excluding hydrogens is 190 g/mol. The maximum Gasteiger partial charge on any atom is 0.389 e. The molecule has 7 heteroatoms. The first-order chi connectivity index (χ1) is 6.56. The highest BCUT2D eigenvalue weighted by atomic mass is 16.6. The molecule has 0 saturated carbocycles. The van der Waals surface area contributed by atoms with E-state index in [1.165, 1.54) is 24.1 Å². The molecule has 0 radical (unpaired) electrons. The molecule has 1 aromatic heterocycles. The fourth-order valence-electron chi connectivity index (χ4n) is 0.920. The monoisotopic (exact) mass is 199 g/mol. The highest BCUT2D eigenvalue weighted by Gasteiger charge is 2.21. The van der Waals surface area contributed by atoms with Crippen LogP contribution in [0.3, 0.4) is 0 Å². The van der Waals surface area contributed by atoms with E-state index in [4.69, 9.17) is 0 Å². The van der Waals surface area contributed by atoms with Crippen molar-refractivity contribution in [3.63, 3.8) is 0 Å². The minimum Gasteiger partial charge on any atom is -0.467 e. The van der Waals surface area contributed by atoms with Crippen LogP contribution >= 0.6 is 0 Å². The van der Waals surface area contributed by atoms with Gasteiger partial charge in [-0.25, -0.2) is 4.79 Å². The van der Waals surface area contributed by atoms with Gasteiger partial charge in [-0.2, -0.15) is 4.68 Å². The van der Waals surface area contributed by atoms with E-state index in [-0.39, 0.29) is 5.82 Å². The first-order valence-electron chi connectivity index (χ1n) is 3.83. The molecule has 7 nitrogen and oxygen atoms in total. The van der Waals surface area contributed by atoms with Crippen LogP contribution in [0.4, 0.5) is 5.82 Å². The van der Waals surface area contributed by atoms with Gasteiger partial charge in [-0.3, -0.25) is 0 Å². The van der Waals surface area contributed by atoms with Crippen LogP contribution in [-0.2, 0) is 9.53 Å². The van der Waals surface area contributed by atoms with Gasteiger partial charge in [0.25, 0.3) is 0 Å². The lowest BCUT2D eigenvalue weighted by Gasteiger charge is -2.04. The summed E-state index contributed by atoms with van der Waals surface area (Å²) >= 11 is 0. The Labute approximate surface area is 79.4 Å². The Balaban J connectivity index is 2.86. The van der Waals surface area contributed by atoms with Crippen molar-refractivity contribution in [3.8, 4) is 0 Å². The minimum absolute atomic E-state index is 0.291. The molecule has 1 atom stereocenters. The van der Waals surface area contributed by atoms with E-state index in [0.29, 0.717) is 0 Å². The number of hydrogen-bond donors (Lipinski definition) is 0. The van der Waals surface area contributed by atoms with Crippen molar-refractivity contribution in [2.24, 2.45) is 0 Å². The Morgan fingerprint density at radius 2 is 2.43 bits per heavy atom. The molecule has 0 amide bonds. The number of methoxy groups -OCH3 is 1. The van der Waals surface area contributed by atoms with Crippen molar-refractivity contribution in [1.82, 2.24) is 9.78 Å². The molecule has 0 unspecified atom stereocenters. The topological polar surface area (TPSA) is 87.3 Å². The molecule has 0 fully saturated rings. The third-order valence-electron chi connectivity index (χ3n) is 1.72. The summed E-state index contributed by atoms with van der Waals surface area (Å²) in [5.74, 6) is -0.788. The molecule has 0 spiro atoms. The van der Waals surface area contributed by atoms with Crippen LogP contribution in [-0.4, -0.2) is 27.8 Å². The molecule has 0 N–H and O–H groups in total. The summed E-state index contributed by atoms with van der Waals surface area (Å²) in [7, 11) is 1.25. The smallest absolute Gasteiger partial charge is 0.389 e. The molecule has 0 aliphatic carbocycles. The second-order valence-electron chi connectivity index (χ2n) is 2.61. The van der Waals surface area contributed by atoms with E-state index in [2.05, 4.69) is 9.84 Å². The van der Waals surface area contributed by atoms with Gasteiger partial charge in [0.2, 0.25) is 0 Å². The van der Waals surface area contributed by atoms with Crippen LogP contribution in [0.25, 0.3) is 0 Å². The van der Waals surface area contributed by atoms with Crippen LogP contribution in [0.15, 0.2) is 12.3 Å². The number of aromatic nitrogens is 2. The molecule has 1 aromatic rings. The first kappa shape index (κ1) is 10.2. The Hall–Kier alpha value is -1.92. The van der Waals surface area contributed by atoms with Crippen LogP contribution in [0, 0.1) is 10.1 Å². The van der Waals surface area contributed by atoms with Crippen LogP contribution in [0.1, 0.15) is 13.0 Å². The van der Waals surface area contributed by atoms with Gasteiger partial charge < -0.3 is 14.9 Å². The van der Waals surface area contributed by atoms with Crippen LogP contribution in [0.5, 0.6) is 0 Å². The zero-order chi connectivity index (χ0) is 10.7. The zero-order valence-corrected chi connectivity index (χ0v) is 7.71. The number of ether oxygens (including phenoxy) is 1. The number of carbonyl (C=O) groups excluding carboxylic acids is 1. The second kappa shape index (κ2) is 3.86. The largest absolute Gasteiger partial charge is 0.467 e. The van der Waals surface area contributed by atoms with Gasteiger partial charge in [0.1, 0.15) is 0 Å². The van der Waals surface area contributed by atoms with Gasteiger partial charge in [0.05, 0.1) is 24.5 Å². The number of nitrogens with zero attached hydrogens (tertiary/aromatic N) is 3. The molecule has 0 saturated heterocycles. The predicted molar refractivity (Wildman–Crippen MR) is 45.6 cm³/mol. The van der Waals surface area contributed by atoms with E-state index in [1.807, 2.05) is 0 Å². The predicted octanol–water partition coefficient (Wildman–Crippen LogP) is 0.525. The maximum atomic E-state index is 11.0. The average molecular weight is 199 g/mol. The van der Waals surface area contributed by atoms with E-state index in [1.54, 1.807) is 6.92 Å². The number of hydrogen-bond acceptors (Lipinski definition) is 5. The Kier molecular flexibility index (Phi) is 2.80. The second-order valence-corrected chi connectivity index (χ2v) is 2.61. The van der Waals surface area contributed by atoms with Gasteiger partial charge in [0.15, 0.2) is 6.04 Å². The number of esters is 1. The summed E-state index contributed by atoms with van der Waals surface area (Å²) in [6, 6.07) is 0.563. The maximum absolute atomic E-state index is 11.0. The van der Waals surface area contributed by atoms with Crippen LogP contribution in [0.2, 0.25) is 0 Å². The summed E-state index contributed by atoms with van der Waals surface area (Å²) < 4.78 is 5.65. The standard InChI is InChI=1S/C7H9N3O4/c1-5(7(11)14-2)9-4-3-6(8-9)10(12)13/h3-5H,1-2H3/t5-/m0/s1. The molecule has 0 aromatic carbocycles. The van der Waals surface area contributed by atoms with Crippen molar-refractivity contribution in [2.75, 3.05) is 7.11 Å². The van der Waals surface area contributed by atoms with Gasteiger partial charge in [-0.05, 0) is 11.8 Å². The highest BCUT2D eigenvalue weighted by molar-refractivity contribution is 5.73. The Morgan fingerprint density at radius 1 is 1.79 bits per heavy atom. The third-order valence-corrected chi connectivity index (χ3v) is 1.72. The lowest BCUT2D eigenvalue weighted by molar-refractivity contribution is -0.389. The molecule has 1 heterocycles. The van der Waals surface area contributed by atoms with Crippen molar-refractivity contribution >= 4 is 11.8 Å². The van der Waals surface area contributed by atoms with Crippen molar-refractivity contribution in [1.29, 1.82) is 0 Å². The van der Waals surface area contributed by atoms with Gasteiger partial charge >= 0.3 is 11.8 Å². The average Bonchev–Trinajstić information content (AvgIpc) is 2.64. The van der Waals surface area contributed by atoms with E-state index in [9.17, 15) is 14.9 Å². The van der Waals surface area contributed by atoms with E-state index < -0.39 is 16.9 Å². The Morgan fingerprint density at radius 3 is 2.86 bits per heavy atom. The van der Waals surface area contributed by atoms with Crippen molar-refractivity contribution < 1.29 is 14.5 Å². The van der Waals surface area contributed by atoms with Crippen molar-refractivity contribution in [3.05, 3.63) is 22.4 Å². The lowest BCUT2D eigenvalue weighted by Crippen LogP contribution is -2.18.